The monoisotopic (exact) mass is 378 g/mol. The standard InChI is InChI=1S/C16H26N2O4S.ClH/c1-4-22-14-6-7-15(13(2)10-14)23(19,20)18-11-16(12-21-3)8-5-9-17-16;/h6-7,10,17-18H,4-5,8-9,11-12H2,1-3H3;1H. The second-order valence-corrected chi connectivity index (χ2v) is 7.66. The first-order valence-corrected chi connectivity index (χ1v) is 9.38. The van der Waals surface area contributed by atoms with Gasteiger partial charge in [-0.3, -0.25) is 0 Å². The van der Waals surface area contributed by atoms with E-state index >= 15 is 0 Å². The molecule has 6 nitrogen and oxygen atoms in total. The number of benzene rings is 1. The van der Waals surface area contributed by atoms with Crippen LogP contribution in [0.1, 0.15) is 25.3 Å². The van der Waals surface area contributed by atoms with Crippen LogP contribution < -0.4 is 14.8 Å². The Kier molecular flexibility index (Phi) is 7.95. The van der Waals surface area contributed by atoms with Crippen molar-refractivity contribution in [3.05, 3.63) is 23.8 Å². The maximum absolute atomic E-state index is 12.6. The largest absolute Gasteiger partial charge is 0.494 e. The van der Waals surface area contributed by atoms with Crippen molar-refractivity contribution in [3.63, 3.8) is 0 Å². The van der Waals surface area contributed by atoms with Crippen molar-refractivity contribution < 1.29 is 17.9 Å². The summed E-state index contributed by atoms with van der Waals surface area (Å²) in [5.41, 5.74) is 0.352. The highest BCUT2D eigenvalue weighted by Gasteiger charge is 2.35. The van der Waals surface area contributed by atoms with Gasteiger partial charge in [-0.2, -0.15) is 0 Å². The fourth-order valence-corrected chi connectivity index (χ4v) is 4.31. The van der Waals surface area contributed by atoms with Crippen LogP contribution in [0.3, 0.4) is 0 Å². The molecule has 1 atom stereocenters. The summed E-state index contributed by atoms with van der Waals surface area (Å²) < 4.78 is 38.6. The van der Waals surface area contributed by atoms with Crippen molar-refractivity contribution in [1.82, 2.24) is 10.0 Å². The number of halogens is 1. The Bertz CT molecular complexity index is 631. The van der Waals surface area contributed by atoms with Crippen molar-refractivity contribution in [3.8, 4) is 5.75 Å². The molecule has 24 heavy (non-hydrogen) atoms. The van der Waals surface area contributed by atoms with Gasteiger partial charge in [0.25, 0.3) is 0 Å². The third kappa shape index (κ3) is 5.07. The van der Waals surface area contributed by atoms with Gasteiger partial charge in [0.15, 0.2) is 0 Å². The molecule has 1 aliphatic heterocycles. The lowest BCUT2D eigenvalue weighted by atomic mass is 9.99. The Morgan fingerprint density at radius 2 is 2.12 bits per heavy atom. The molecule has 0 saturated carbocycles. The fraction of sp³-hybridized carbons (Fsp3) is 0.625. The molecule has 1 saturated heterocycles. The third-order valence-electron chi connectivity index (χ3n) is 4.10. The minimum absolute atomic E-state index is 0. The van der Waals surface area contributed by atoms with Crippen molar-refractivity contribution in [2.24, 2.45) is 0 Å². The molecule has 1 aromatic rings. The Labute approximate surface area is 150 Å². The zero-order valence-electron chi connectivity index (χ0n) is 14.4. The van der Waals surface area contributed by atoms with E-state index in [0.717, 1.165) is 19.4 Å². The zero-order valence-corrected chi connectivity index (χ0v) is 16.1. The Morgan fingerprint density at radius 3 is 2.67 bits per heavy atom. The Morgan fingerprint density at radius 1 is 1.38 bits per heavy atom. The molecular formula is C16H27ClN2O4S. The van der Waals surface area contributed by atoms with E-state index in [9.17, 15) is 8.42 Å². The van der Waals surface area contributed by atoms with Gasteiger partial charge in [0, 0.05) is 13.7 Å². The highest BCUT2D eigenvalue weighted by Crippen LogP contribution is 2.23. The maximum Gasteiger partial charge on any atom is 0.240 e. The average Bonchev–Trinajstić information content (AvgIpc) is 2.95. The van der Waals surface area contributed by atoms with E-state index in [2.05, 4.69) is 10.0 Å². The van der Waals surface area contributed by atoms with E-state index in [1.165, 1.54) is 0 Å². The summed E-state index contributed by atoms with van der Waals surface area (Å²) in [6.45, 7) is 5.90. The van der Waals surface area contributed by atoms with Gasteiger partial charge in [-0.1, -0.05) is 0 Å². The van der Waals surface area contributed by atoms with Crippen LogP contribution in [0.15, 0.2) is 23.1 Å². The SMILES string of the molecule is CCOc1ccc(S(=O)(=O)NCC2(COC)CCCN2)c(C)c1.Cl. The second-order valence-electron chi connectivity index (χ2n) is 5.93. The lowest BCUT2D eigenvalue weighted by Gasteiger charge is -2.29. The van der Waals surface area contributed by atoms with Gasteiger partial charge >= 0.3 is 0 Å². The van der Waals surface area contributed by atoms with E-state index in [0.29, 0.717) is 31.1 Å². The molecule has 8 heteroatoms. The molecule has 2 N–H and O–H groups in total. The zero-order chi connectivity index (χ0) is 16.9. The highest BCUT2D eigenvalue weighted by atomic mass is 35.5. The third-order valence-corrected chi connectivity index (χ3v) is 5.66. The number of aryl methyl sites for hydroxylation is 1. The molecule has 1 aliphatic rings. The number of hydrogen-bond acceptors (Lipinski definition) is 5. The van der Waals surface area contributed by atoms with Gasteiger partial charge in [-0.25, -0.2) is 13.1 Å². The van der Waals surface area contributed by atoms with Crippen LogP contribution in [0.25, 0.3) is 0 Å². The number of sulfonamides is 1. The summed E-state index contributed by atoms with van der Waals surface area (Å²) in [4.78, 5) is 0.284. The van der Waals surface area contributed by atoms with E-state index in [1.807, 2.05) is 6.92 Å². The molecule has 1 fully saturated rings. The van der Waals surface area contributed by atoms with Gasteiger partial charge in [0.1, 0.15) is 5.75 Å². The van der Waals surface area contributed by atoms with Crippen LogP contribution in [0.5, 0.6) is 5.75 Å². The van der Waals surface area contributed by atoms with Gasteiger partial charge < -0.3 is 14.8 Å². The normalized spacial score (nSPS) is 20.6. The quantitative estimate of drug-likeness (QED) is 0.722. The Balaban J connectivity index is 0.00000288. The predicted octanol–water partition coefficient (Wildman–Crippen LogP) is 1.86. The van der Waals surface area contributed by atoms with Crippen LogP contribution in [0.4, 0.5) is 0 Å². The molecule has 1 aromatic carbocycles. The lowest BCUT2D eigenvalue weighted by Crippen LogP contribution is -2.52. The number of rotatable bonds is 8. The molecule has 1 unspecified atom stereocenters. The smallest absolute Gasteiger partial charge is 0.240 e. The summed E-state index contributed by atoms with van der Waals surface area (Å²) in [5.74, 6) is 0.678. The van der Waals surface area contributed by atoms with Crippen molar-refractivity contribution >= 4 is 22.4 Å². The fourth-order valence-electron chi connectivity index (χ4n) is 2.96. The van der Waals surface area contributed by atoms with Gasteiger partial charge in [0.2, 0.25) is 10.0 Å². The number of nitrogens with one attached hydrogen (secondary N) is 2. The summed E-state index contributed by atoms with van der Waals surface area (Å²) in [5, 5.41) is 3.36. The minimum atomic E-state index is -3.57. The molecule has 0 bridgehead atoms. The van der Waals surface area contributed by atoms with Crippen molar-refractivity contribution in [2.45, 2.75) is 37.1 Å². The van der Waals surface area contributed by atoms with Crippen molar-refractivity contribution in [1.29, 1.82) is 0 Å². The lowest BCUT2D eigenvalue weighted by molar-refractivity contribution is 0.122. The molecule has 0 spiro atoms. The predicted molar refractivity (Wildman–Crippen MR) is 96.6 cm³/mol. The number of hydrogen-bond donors (Lipinski definition) is 2. The van der Waals surface area contributed by atoms with Gasteiger partial charge in [-0.15, -0.1) is 12.4 Å². The van der Waals surface area contributed by atoms with E-state index in [4.69, 9.17) is 9.47 Å². The van der Waals surface area contributed by atoms with Crippen LogP contribution in [0, 0.1) is 6.92 Å². The molecule has 1 heterocycles. The summed E-state index contributed by atoms with van der Waals surface area (Å²) in [6, 6.07) is 5.02. The van der Waals surface area contributed by atoms with Gasteiger partial charge in [0.05, 0.1) is 23.6 Å². The minimum Gasteiger partial charge on any atom is -0.494 e. The van der Waals surface area contributed by atoms with Crippen molar-refractivity contribution in [2.75, 3.05) is 33.4 Å². The first kappa shape index (κ1) is 21.2. The van der Waals surface area contributed by atoms with Gasteiger partial charge in [-0.05, 0) is 57.0 Å². The molecule has 138 valence electrons. The number of ether oxygens (including phenoxy) is 2. The van der Waals surface area contributed by atoms with Crippen LogP contribution in [-0.4, -0.2) is 47.4 Å². The average molecular weight is 379 g/mol. The number of methoxy groups -OCH3 is 1. The molecule has 0 radical (unpaired) electrons. The summed E-state index contributed by atoms with van der Waals surface area (Å²) in [6.07, 6.45) is 1.92. The first-order chi connectivity index (χ1) is 10.9. The topological polar surface area (TPSA) is 76.7 Å². The molecule has 0 aliphatic carbocycles. The van der Waals surface area contributed by atoms with Crippen LogP contribution in [-0.2, 0) is 14.8 Å². The van der Waals surface area contributed by atoms with Crippen LogP contribution in [0.2, 0.25) is 0 Å². The van der Waals surface area contributed by atoms with E-state index < -0.39 is 10.0 Å². The second kappa shape index (κ2) is 9.01. The van der Waals surface area contributed by atoms with E-state index in [-0.39, 0.29) is 22.8 Å². The Hall–Kier alpha value is -0.860. The first-order valence-electron chi connectivity index (χ1n) is 7.89. The molecule has 0 aromatic heterocycles. The molecular weight excluding hydrogens is 352 g/mol. The molecule has 0 amide bonds. The summed E-state index contributed by atoms with van der Waals surface area (Å²) in [7, 11) is -1.94. The van der Waals surface area contributed by atoms with E-state index in [1.54, 1.807) is 32.2 Å². The summed E-state index contributed by atoms with van der Waals surface area (Å²) >= 11 is 0. The molecule has 2 rings (SSSR count). The highest BCUT2D eigenvalue weighted by molar-refractivity contribution is 7.89. The van der Waals surface area contributed by atoms with Crippen LogP contribution >= 0.6 is 12.4 Å². The maximum atomic E-state index is 12.6.